The van der Waals surface area contributed by atoms with E-state index in [1.165, 1.54) is 0 Å². The SMILES string of the molecule is [2H]C([2H])(O)C([2H])(O)C([2H])([2H])N(C(C)=O)c1c(I)c(C(=O)NCC(O)CO)c(I)c(C(=O)NCC(O)CO)c1I. The lowest BCUT2D eigenvalue weighted by molar-refractivity contribution is -0.117. The molecule has 3 amide bonds. The highest BCUT2D eigenvalue weighted by Crippen LogP contribution is 2.38. The van der Waals surface area contributed by atoms with Crippen LogP contribution in [0.4, 0.5) is 5.69 Å². The summed E-state index contributed by atoms with van der Waals surface area (Å²) in [4.78, 5) is 39.2. The molecule has 1 rings (SSSR count). The Labute approximate surface area is 243 Å². The molecule has 15 heteroatoms. The minimum absolute atomic E-state index is 0.0418. The van der Waals surface area contributed by atoms with Crippen molar-refractivity contribution in [2.45, 2.75) is 25.2 Å². The molecule has 0 spiro atoms. The number of carbonyl (C=O) groups is 3. The molecule has 0 saturated carbocycles. The van der Waals surface area contributed by atoms with Crippen LogP contribution in [-0.4, -0.2) is 106 Å². The van der Waals surface area contributed by atoms with Crippen molar-refractivity contribution in [3.63, 3.8) is 0 Å². The van der Waals surface area contributed by atoms with Gasteiger partial charge in [-0.25, -0.2) is 0 Å². The molecule has 0 radical (unpaired) electrons. The van der Waals surface area contributed by atoms with Crippen molar-refractivity contribution in [3.8, 4) is 0 Å². The molecule has 0 bridgehead atoms. The van der Waals surface area contributed by atoms with Gasteiger partial charge in [0.1, 0.15) is 0 Å². The summed E-state index contributed by atoms with van der Waals surface area (Å²) in [5.74, 6) is -3.10. The van der Waals surface area contributed by atoms with Crippen molar-refractivity contribution in [1.29, 1.82) is 0 Å². The van der Waals surface area contributed by atoms with Crippen LogP contribution in [0.3, 0.4) is 0 Å². The first-order valence-electron chi connectivity index (χ1n) is 11.8. The number of nitrogens with one attached hydrogen (secondary N) is 2. The maximum absolute atomic E-state index is 13.2. The van der Waals surface area contributed by atoms with Gasteiger partial charge < -0.3 is 46.2 Å². The summed E-state index contributed by atoms with van der Waals surface area (Å²) in [7, 11) is 0. The third-order valence-electron chi connectivity index (χ3n) is 4.03. The zero-order valence-corrected chi connectivity index (χ0v) is 23.9. The van der Waals surface area contributed by atoms with Crippen molar-refractivity contribution in [1.82, 2.24) is 10.6 Å². The summed E-state index contributed by atoms with van der Waals surface area (Å²) in [6.45, 7) is -9.08. The van der Waals surface area contributed by atoms with Crippen molar-refractivity contribution in [2.75, 3.05) is 44.3 Å². The van der Waals surface area contributed by atoms with Crippen LogP contribution in [-0.2, 0) is 4.79 Å². The zero-order chi connectivity index (χ0) is 30.7. The molecule has 0 aromatic heterocycles. The quantitative estimate of drug-likeness (QED) is 0.114. The van der Waals surface area contributed by atoms with Gasteiger partial charge in [0, 0.05) is 23.6 Å². The van der Waals surface area contributed by atoms with E-state index in [9.17, 15) is 34.8 Å². The van der Waals surface area contributed by atoms with Crippen LogP contribution in [0.2, 0.25) is 0 Å². The zero-order valence-electron chi connectivity index (χ0n) is 22.5. The number of nitrogens with zero attached hydrogens (tertiary/aromatic N) is 1. The van der Waals surface area contributed by atoms with Gasteiger partial charge in [-0.2, -0.15) is 0 Å². The van der Waals surface area contributed by atoms with Crippen LogP contribution in [0.25, 0.3) is 0 Å². The first-order chi connectivity index (χ1) is 17.7. The molecule has 0 saturated heterocycles. The number of aliphatic hydroxyl groups is 6. The molecular weight excluding hydrogens is 795 g/mol. The molecule has 0 aliphatic carbocycles. The molecule has 1 aromatic rings. The average molecular weight is 826 g/mol. The molecular formula is C19H26I3N3O9. The third kappa shape index (κ3) is 8.32. The maximum Gasteiger partial charge on any atom is 0.253 e. The Hall–Kier alpha value is -0.420. The fraction of sp³-hybridized carbons (Fsp3) is 0.526. The second-order valence-electron chi connectivity index (χ2n) is 6.56. The van der Waals surface area contributed by atoms with Crippen LogP contribution < -0.4 is 15.5 Å². The van der Waals surface area contributed by atoms with E-state index in [0.717, 1.165) is 6.92 Å². The molecule has 12 nitrogen and oxygen atoms in total. The monoisotopic (exact) mass is 826 g/mol. The summed E-state index contributed by atoms with van der Waals surface area (Å²) >= 11 is 4.71. The number of hydrogen-bond acceptors (Lipinski definition) is 9. The molecule has 0 fully saturated rings. The second kappa shape index (κ2) is 15.0. The molecule has 0 aliphatic heterocycles. The van der Waals surface area contributed by atoms with E-state index in [-0.39, 0.29) is 26.7 Å². The highest BCUT2D eigenvalue weighted by Gasteiger charge is 2.32. The van der Waals surface area contributed by atoms with E-state index in [4.69, 9.17) is 17.1 Å². The lowest BCUT2D eigenvalue weighted by Gasteiger charge is -2.28. The van der Waals surface area contributed by atoms with Crippen molar-refractivity contribution < 1.29 is 51.9 Å². The molecule has 3 unspecified atom stereocenters. The number of benzene rings is 1. The molecule has 192 valence electrons. The fourth-order valence-electron chi connectivity index (χ4n) is 2.40. The number of carbonyl (C=O) groups excluding carboxylic acids is 3. The van der Waals surface area contributed by atoms with Gasteiger partial charge in [0.25, 0.3) is 11.8 Å². The summed E-state index contributed by atoms with van der Waals surface area (Å²) in [6, 6.07) is 0. The van der Waals surface area contributed by atoms with Crippen molar-refractivity contribution in [3.05, 3.63) is 21.8 Å². The van der Waals surface area contributed by atoms with Gasteiger partial charge in [-0.05, 0) is 67.8 Å². The average Bonchev–Trinajstić information content (AvgIpc) is 2.81. The number of amides is 3. The van der Waals surface area contributed by atoms with Gasteiger partial charge >= 0.3 is 0 Å². The van der Waals surface area contributed by atoms with Gasteiger partial charge in [0.15, 0.2) is 0 Å². The topological polar surface area (TPSA) is 200 Å². The highest BCUT2D eigenvalue weighted by atomic mass is 127. The van der Waals surface area contributed by atoms with Crippen LogP contribution >= 0.6 is 67.8 Å². The Balaban J connectivity index is 4.07. The van der Waals surface area contributed by atoms with Gasteiger partial charge in [0.2, 0.25) is 5.91 Å². The molecule has 8 N–H and O–H groups in total. The highest BCUT2D eigenvalue weighted by molar-refractivity contribution is 14.1. The van der Waals surface area contributed by atoms with Crippen molar-refractivity contribution >= 4 is 91.2 Å². The van der Waals surface area contributed by atoms with Gasteiger partial charge in [0.05, 0.1) is 75.4 Å². The predicted octanol–water partition coefficient (Wildman–Crippen LogP) is -1.63. The first-order valence-corrected chi connectivity index (χ1v) is 12.5. The number of hydrogen-bond donors (Lipinski definition) is 8. The van der Waals surface area contributed by atoms with Crippen LogP contribution in [0.1, 0.15) is 34.5 Å². The summed E-state index contributed by atoms with van der Waals surface area (Å²) in [5, 5.41) is 62.1. The minimum Gasteiger partial charge on any atom is -0.394 e. The Morgan fingerprint density at radius 2 is 1.32 bits per heavy atom. The first kappa shape index (κ1) is 23.9. The standard InChI is InChI=1S/C19H26I3N3O9/c1-8(29)25(4-11(32)7-28)17-15(21)12(18(33)23-2-9(30)5-26)14(20)13(16(17)22)19(34)24-3-10(31)6-27/h9-11,26-28,30-32H,2-7H2,1H3,(H,23,33)(H,24,34)/i4D2,7D2,11D. The van der Waals surface area contributed by atoms with E-state index in [2.05, 4.69) is 10.6 Å². The second-order valence-corrected chi connectivity index (χ2v) is 9.80. The van der Waals surface area contributed by atoms with E-state index in [0.29, 0.717) is 0 Å². The number of anilines is 1. The predicted molar refractivity (Wildman–Crippen MR) is 147 cm³/mol. The van der Waals surface area contributed by atoms with Crippen LogP contribution in [0.15, 0.2) is 0 Å². The Kier molecular flexibility index (Phi) is 10.5. The summed E-state index contributed by atoms with van der Waals surface area (Å²) < 4.78 is 38.8. The van der Waals surface area contributed by atoms with Gasteiger partial charge in [-0.3, -0.25) is 14.4 Å². The molecule has 1 aromatic carbocycles. The largest absolute Gasteiger partial charge is 0.394 e. The fourth-order valence-corrected chi connectivity index (χ4v) is 7.02. The van der Waals surface area contributed by atoms with Crippen molar-refractivity contribution in [2.24, 2.45) is 0 Å². The Morgan fingerprint density at radius 3 is 1.65 bits per heavy atom. The van der Waals surface area contributed by atoms with E-state index in [1.54, 1.807) is 67.8 Å². The summed E-state index contributed by atoms with van der Waals surface area (Å²) in [5.41, 5.74) is -1.19. The number of rotatable bonds is 12. The smallest absolute Gasteiger partial charge is 0.253 e. The third-order valence-corrected chi connectivity index (χ3v) is 7.21. The number of aliphatic hydroxyl groups excluding tert-OH is 4. The Morgan fingerprint density at radius 1 is 0.912 bits per heavy atom. The minimum atomic E-state index is -3.98. The van der Waals surface area contributed by atoms with Gasteiger partial charge in [-0.15, -0.1) is 0 Å². The normalized spacial score (nSPS) is 17.6. The van der Waals surface area contributed by atoms with E-state index < -0.39 is 81.1 Å². The van der Waals surface area contributed by atoms with E-state index in [1.807, 2.05) is 0 Å². The molecule has 3 atom stereocenters. The molecule has 34 heavy (non-hydrogen) atoms. The van der Waals surface area contributed by atoms with Crippen LogP contribution in [0, 0.1) is 10.7 Å². The maximum atomic E-state index is 13.2. The van der Waals surface area contributed by atoms with E-state index >= 15 is 0 Å². The molecule has 0 heterocycles. The number of halogens is 3. The van der Waals surface area contributed by atoms with Gasteiger partial charge in [-0.1, -0.05) is 0 Å². The lowest BCUT2D eigenvalue weighted by atomic mass is 10.1. The Bertz CT molecular complexity index is 1060. The molecule has 0 aliphatic rings. The lowest BCUT2D eigenvalue weighted by Crippen LogP contribution is -2.41. The summed E-state index contributed by atoms with van der Waals surface area (Å²) in [6.07, 6.45) is -6.70. The van der Waals surface area contributed by atoms with Crippen LogP contribution in [0.5, 0.6) is 0 Å².